The van der Waals surface area contributed by atoms with E-state index in [1.807, 2.05) is 42.2 Å². The van der Waals surface area contributed by atoms with Gasteiger partial charge >= 0.3 is 5.97 Å². The van der Waals surface area contributed by atoms with Crippen molar-refractivity contribution in [3.63, 3.8) is 0 Å². The summed E-state index contributed by atoms with van der Waals surface area (Å²) in [5.74, 6) is 0.300. The van der Waals surface area contributed by atoms with Gasteiger partial charge in [-0.2, -0.15) is 0 Å². The van der Waals surface area contributed by atoms with Crippen LogP contribution < -0.4 is 4.74 Å². The first-order valence-corrected chi connectivity index (χ1v) is 8.74. The number of benzene rings is 2. The molecule has 1 fully saturated rings. The topological polar surface area (TPSA) is 66.8 Å². The second kappa shape index (κ2) is 7.60. The number of aryl methyl sites for hydroxylation is 1. The Morgan fingerprint density at radius 1 is 1.19 bits per heavy atom. The quantitative estimate of drug-likeness (QED) is 0.894. The first kappa shape index (κ1) is 18.0. The van der Waals surface area contributed by atoms with Crippen LogP contribution in [0.2, 0.25) is 0 Å². The van der Waals surface area contributed by atoms with Gasteiger partial charge in [0.15, 0.2) is 0 Å². The number of ether oxygens (including phenoxy) is 1. The predicted molar refractivity (Wildman–Crippen MR) is 98.8 cm³/mol. The van der Waals surface area contributed by atoms with E-state index in [-0.39, 0.29) is 5.91 Å². The molecule has 0 bridgehead atoms. The summed E-state index contributed by atoms with van der Waals surface area (Å²) in [4.78, 5) is 25.6. The zero-order valence-electron chi connectivity index (χ0n) is 15.1. The van der Waals surface area contributed by atoms with Gasteiger partial charge in [0, 0.05) is 18.7 Å². The van der Waals surface area contributed by atoms with Crippen molar-refractivity contribution >= 4 is 11.9 Å². The van der Waals surface area contributed by atoms with Crippen molar-refractivity contribution in [2.75, 3.05) is 20.2 Å². The largest absolute Gasteiger partial charge is 0.497 e. The molecule has 1 amide bonds. The third-order valence-corrected chi connectivity index (χ3v) is 4.96. The number of carbonyl (C=O) groups is 2. The van der Waals surface area contributed by atoms with E-state index in [2.05, 4.69) is 0 Å². The molecule has 1 aliphatic rings. The van der Waals surface area contributed by atoms with E-state index in [0.717, 1.165) is 48.4 Å². The van der Waals surface area contributed by atoms with Crippen molar-refractivity contribution in [3.05, 3.63) is 64.7 Å². The zero-order valence-corrected chi connectivity index (χ0v) is 15.1. The van der Waals surface area contributed by atoms with E-state index in [0.29, 0.717) is 11.5 Å². The van der Waals surface area contributed by atoms with Crippen LogP contribution in [0, 0.1) is 12.8 Å². The molecular weight excluding hydrogens is 330 g/mol. The summed E-state index contributed by atoms with van der Waals surface area (Å²) >= 11 is 0. The van der Waals surface area contributed by atoms with E-state index in [1.54, 1.807) is 19.2 Å². The average Bonchev–Trinajstić information content (AvgIpc) is 3.10. The number of hydrogen-bond donors (Lipinski definition) is 1. The molecule has 0 aliphatic carbocycles. The molecule has 1 atom stereocenters. The molecule has 0 unspecified atom stereocenters. The molecule has 2 aromatic carbocycles. The van der Waals surface area contributed by atoms with Crippen LogP contribution in [0.5, 0.6) is 5.75 Å². The van der Waals surface area contributed by atoms with Crippen molar-refractivity contribution in [2.24, 2.45) is 5.92 Å². The third kappa shape index (κ3) is 3.87. The lowest BCUT2D eigenvalue weighted by atomic mass is 9.98. The molecule has 0 spiro atoms. The molecule has 1 aliphatic heterocycles. The minimum atomic E-state index is -0.913. The van der Waals surface area contributed by atoms with Crippen molar-refractivity contribution in [3.8, 4) is 5.75 Å². The third-order valence-electron chi connectivity index (χ3n) is 4.96. The number of carboxylic acids is 1. The van der Waals surface area contributed by atoms with Gasteiger partial charge < -0.3 is 14.7 Å². The zero-order chi connectivity index (χ0) is 18.7. The van der Waals surface area contributed by atoms with Crippen LogP contribution in [0.3, 0.4) is 0 Å². The Hall–Kier alpha value is -2.82. The number of nitrogens with zero attached hydrogens (tertiary/aromatic N) is 1. The number of rotatable bonds is 5. The average molecular weight is 353 g/mol. The van der Waals surface area contributed by atoms with Crippen LogP contribution in [-0.4, -0.2) is 42.1 Å². The molecule has 0 radical (unpaired) electrons. The van der Waals surface area contributed by atoms with Crippen LogP contribution in [0.4, 0.5) is 0 Å². The van der Waals surface area contributed by atoms with Gasteiger partial charge in [0.05, 0.1) is 12.7 Å². The van der Waals surface area contributed by atoms with Crippen LogP contribution in [-0.2, 0) is 6.42 Å². The van der Waals surface area contributed by atoms with E-state index >= 15 is 0 Å². The van der Waals surface area contributed by atoms with Gasteiger partial charge in [-0.05, 0) is 67.1 Å². The van der Waals surface area contributed by atoms with Gasteiger partial charge in [-0.15, -0.1) is 0 Å². The highest BCUT2D eigenvalue weighted by Gasteiger charge is 2.27. The van der Waals surface area contributed by atoms with Crippen LogP contribution in [0.25, 0.3) is 0 Å². The molecule has 1 N–H and O–H groups in total. The Bertz CT molecular complexity index is 813. The molecular formula is C21H23NO4. The van der Waals surface area contributed by atoms with E-state index < -0.39 is 5.97 Å². The minimum absolute atomic E-state index is 0.0638. The van der Waals surface area contributed by atoms with Gasteiger partial charge in [-0.1, -0.05) is 12.1 Å². The fraction of sp³-hybridized carbons (Fsp3) is 0.333. The Kier molecular flexibility index (Phi) is 5.26. The molecule has 5 nitrogen and oxygen atoms in total. The smallest absolute Gasteiger partial charge is 0.335 e. The Morgan fingerprint density at radius 3 is 2.54 bits per heavy atom. The number of amides is 1. The minimum Gasteiger partial charge on any atom is -0.497 e. The molecule has 0 saturated carbocycles. The number of carbonyl (C=O) groups excluding carboxylic acids is 1. The summed E-state index contributed by atoms with van der Waals surface area (Å²) in [5.41, 5.74) is 3.04. The fourth-order valence-corrected chi connectivity index (χ4v) is 3.47. The van der Waals surface area contributed by atoms with Crippen LogP contribution >= 0.6 is 0 Å². The number of aromatic carboxylic acids is 1. The van der Waals surface area contributed by atoms with Crippen LogP contribution in [0.15, 0.2) is 42.5 Å². The molecule has 26 heavy (non-hydrogen) atoms. The van der Waals surface area contributed by atoms with E-state index in [9.17, 15) is 9.59 Å². The maximum absolute atomic E-state index is 12.8. The molecule has 3 rings (SSSR count). The maximum atomic E-state index is 12.8. The summed E-state index contributed by atoms with van der Waals surface area (Å²) in [7, 11) is 1.62. The van der Waals surface area contributed by atoms with Gasteiger partial charge in [-0.3, -0.25) is 4.79 Å². The lowest BCUT2D eigenvalue weighted by molar-refractivity contribution is 0.0696. The second-order valence-corrected chi connectivity index (χ2v) is 6.79. The lowest BCUT2D eigenvalue weighted by Gasteiger charge is -2.18. The Morgan fingerprint density at radius 2 is 1.92 bits per heavy atom. The second-order valence-electron chi connectivity index (χ2n) is 6.79. The Labute approximate surface area is 153 Å². The summed E-state index contributed by atoms with van der Waals surface area (Å²) < 4.78 is 5.20. The first-order chi connectivity index (χ1) is 12.5. The van der Waals surface area contributed by atoms with E-state index in [1.165, 1.54) is 0 Å². The van der Waals surface area contributed by atoms with Crippen molar-refractivity contribution in [2.45, 2.75) is 19.8 Å². The molecule has 2 aromatic rings. The summed E-state index contributed by atoms with van der Waals surface area (Å²) in [6.45, 7) is 3.40. The van der Waals surface area contributed by atoms with E-state index in [4.69, 9.17) is 9.84 Å². The molecule has 5 heteroatoms. The predicted octanol–water partition coefficient (Wildman–Crippen LogP) is 3.41. The highest BCUT2D eigenvalue weighted by atomic mass is 16.5. The lowest BCUT2D eigenvalue weighted by Crippen LogP contribution is -2.29. The van der Waals surface area contributed by atoms with Gasteiger partial charge in [0.25, 0.3) is 5.91 Å². The highest BCUT2D eigenvalue weighted by molar-refractivity contribution is 5.96. The van der Waals surface area contributed by atoms with Crippen molar-refractivity contribution < 1.29 is 19.4 Å². The maximum Gasteiger partial charge on any atom is 0.335 e. The van der Waals surface area contributed by atoms with Crippen molar-refractivity contribution in [1.29, 1.82) is 0 Å². The number of hydrogen-bond acceptors (Lipinski definition) is 3. The van der Waals surface area contributed by atoms with Gasteiger partial charge in [0.2, 0.25) is 0 Å². The summed E-state index contributed by atoms with van der Waals surface area (Å²) in [6.07, 6.45) is 1.81. The molecule has 136 valence electrons. The molecule has 1 heterocycles. The van der Waals surface area contributed by atoms with Crippen LogP contribution in [0.1, 0.15) is 38.3 Å². The van der Waals surface area contributed by atoms with Gasteiger partial charge in [0.1, 0.15) is 5.75 Å². The Balaban J connectivity index is 1.63. The molecule has 0 aromatic heterocycles. The number of likely N-dealkylation sites (tertiary alicyclic amines) is 1. The highest BCUT2D eigenvalue weighted by Crippen LogP contribution is 2.25. The SMILES string of the molecule is COc1ccc(C(=O)N2CC[C@H](Cc3ccc(C(=O)O)cc3)C2)c(C)c1. The molecule has 1 saturated heterocycles. The van der Waals surface area contributed by atoms with Gasteiger partial charge in [-0.25, -0.2) is 4.79 Å². The fourth-order valence-electron chi connectivity index (χ4n) is 3.47. The standard InChI is InChI=1S/C21H23NO4/c1-14-11-18(26-2)7-8-19(14)20(23)22-10-9-16(13-22)12-15-3-5-17(6-4-15)21(24)25/h3-8,11,16H,9-10,12-13H2,1-2H3,(H,24,25)/t16-/m1/s1. The van der Waals surface area contributed by atoms with Crippen molar-refractivity contribution in [1.82, 2.24) is 4.90 Å². The number of carboxylic acid groups (broad SMARTS) is 1. The normalized spacial score (nSPS) is 16.5. The monoisotopic (exact) mass is 353 g/mol. The first-order valence-electron chi connectivity index (χ1n) is 8.74. The summed E-state index contributed by atoms with van der Waals surface area (Å²) in [5, 5.41) is 8.97. The summed E-state index contributed by atoms with van der Waals surface area (Å²) in [6, 6.07) is 12.5. The number of methoxy groups -OCH3 is 1.